The summed E-state index contributed by atoms with van der Waals surface area (Å²) in [4.78, 5) is 16.8. The van der Waals surface area contributed by atoms with Gasteiger partial charge in [-0.2, -0.15) is 0 Å². The van der Waals surface area contributed by atoms with Crippen molar-refractivity contribution in [2.24, 2.45) is 0 Å². The third-order valence-corrected chi connectivity index (χ3v) is 5.33. The Labute approximate surface area is 188 Å². The Bertz CT molecular complexity index is 1180. The lowest BCUT2D eigenvalue weighted by molar-refractivity contribution is -0.118. The van der Waals surface area contributed by atoms with Crippen molar-refractivity contribution >= 4 is 45.3 Å². The Morgan fingerprint density at radius 2 is 1.90 bits per heavy atom. The summed E-state index contributed by atoms with van der Waals surface area (Å²) < 4.78 is 12.5. The molecule has 4 rings (SSSR count). The number of benzene rings is 3. The van der Waals surface area contributed by atoms with Crippen LogP contribution in [-0.4, -0.2) is 17.5 Å². The van der Waals surface area contributed by atoms with Crippen LogP contribution in [0.2, 0.25) is 0 Å². The predicted octanol–water partition coefficient (Wildman–Crippen LogP) is 6.24. The van der Waals surface area contributed by atoms with Crippen LogP contribution in [0, 0.1) is 3.57 Å². The predicted molar refractivity (Wildman–Crippen MR) is 127 cm³/mol. The van der Waals surface area contributed by atoms with Crippen molar-refractivity contribution < 1.29 is 13.9 Å². The molecule has 0 aliphatic carbocycles. The summed E-state index contributed by atoms with van der Waals surface area (Å²) in [7, 11) is 0. The number of aromatic nitrogens is 1. The number of amides is 1. The van der Waals surface area contributed by atoms with E-state index in [1.165, 1.54) is 5.56 Å². The Kier molecular flexibility index (Phi) is 6.03. The fourth-order valence-electron chi connectivity index (χ4n) is 3.05. The molecular formula is C24H21IN2O3. The number of hydrogen-bond acceptors (Lipinski definition) is 4. The third-order valence-electron chi connectivity index (χ3n) is 4.66. The van der Waals surface area contributed by atoms with Crippen molar-refractivity contribution in [3.63, 3.8) is 0 Å². The molecule has 6 heteroatoms. The molecule has 5 nitrogen and oxygen atoms in total. The third kappa shape index (κ3) is 4.81. The molecule has 1 N–H and O–H groups in total. The zero-order chi connectivity index (χ0) is 21.1. The second-order valence-corrected chi connectivity index (χ2v) is 8.52. The minimum absolute atomic E-state index is 0.0639. The molecule has 0 atom stereocenters. The van der Waals surface area contributed by atoms with E-state index >= 15 is 0 Å². The lowest BCUT2D eigenvalue weighted by Gasteiger charge is -2.09. The summed E-state index contributed by atoms with van der Waals surface area (Å²) in [6.45, 7) is 4.21. The van der Waals surface area contributed by atoms with E-state index in [0.717, 1.165) is 9.13 Å². The minimum atomic E-state index is -0.233. The standard InChI is InChI=1S/C24H21IN2O3/c1-15(2)16-6-9-20(10-7-16)29-14-23(28)26-19-8-11-22-21(13-19)27-24(30-22)17-4-3-5-18(25)12-17/h3-13,15H,14H2,1-2H3,(H,26,28). The zero-order valence-electron chi connectivity index (χ0n) is 16.7. The highest BCUT2D eigenvalue weighted by atomic mass is 127. The first kappa shape index (κ1) is 20.4. The Morgan fingerprint density at radius 3 is 2.63 bits per heavy atom. The number of carbonyl (C=O) groups is 1. The summed E-state index contributed by atoms with van der Waals surface area (Å²) in [5, 5.41) is 2.85. The number of nitrogens with one attached hydrogen (secondary N) is 1. The number of carbonyl (C=O) groups excluding carboxylic acids is 1. The van der Waals surface area contributed by atoms with Gasteiger partial charge in [-0.1, -0.05) is 32.0 Å². The number of fused-ring (bicyclic) bond motifs is 1. The summed E-state index contributed by atoms with van der Waals surface area (Å²) in [5.41, 5.74) is 4.15. The number of anilines is 1. The van der Waals surface area contributed by atoms with Crippen molar-refractivity contribution in [2.75, 3.05) is 11.9 Å². The number of hydrogen-bond donors (Lipinski definition) is 1. The fraction of sp³-hybridized carbons (Fsp3) is 0.167. The van der Waals surface area contributed by atoms with Crippen molar-refractivity contribution in [1.82, 2.24) is 4.98 Å². The van der Waals surface area contributed by atoms with Crippen molar-refractivity contribution in [2.45, 2.75) is 19.8 Å². The van der Waals surface area contributed by atoms with E-state index in [9.17, 15) is 4.79 Å². The fourth-order valence-corrected chi connectivity index (χ4v) is 3.59. The first-order valence-corrected chi connectivity index (χ1v) is 10.7. The van der Waals surface area contributed by atoms with Crippen LogP contribution in [-0.2, 0) is 4.79 Å². The van der Waals surface area contributed by atoms with E-state index in [-0.39, 0.29) is 12.5 Å². The van der Waals surface area contributed by atoms with Crippen molar-refractivity contribution in [3.05, 3.63) is 75.9 Å². The normalized spacial score (nSPS) is 11.1. The second-order valence-electron chi connectivity index (χ2n) is 7.27. The highest BCUT2D eigenvalue weighted by Gasteiger charge is 2.11. The number of halogens is 1. The van der Waals surface area contributed by atoms with E-state index in [1.54, 1.807) is 18.2 Å². The molecule has 1 aromatic heterocycles. The van der Waals surface area contributed by atoms with Crippen LogP contribution in [0.3, 0.4) is 0 Å². The highest BCUT2D eigenvalue weighted by Crippen LogP contribution is 2.27. The molecule has 0 unspecified atom stereocenters. The minimum Gasteiger partial charge on any atom is -0.484 e. The van der Waals surface area contributed by atoms with Gasteiger partial charge in [-0.3, -0.25) is 4.79 Å². The quantitative estimate of drug-likeness (QED) is 0.311. The Hall–Kier alpha value is -2.87. The molecule has 1 amide bonds. The van der Waals surface area contributed by atoms with Crippen LogP contribution in [0.15, 0.2) is 71.1 Å². The van der Waals surface area contributed by atoms with Gasteiger partial charge in [0.1, 0.15) is 11.3 Å². The summed E-state index contributed by atoms with van der Waals surface area (Å²) >= 11 is 2.26. The molecule has 3 aromatic carbocycles. The molecule has 1 heterocycles. The van der Waals surface area contributed by atoms with Gasteiger partial charge in [-0.15, -0.1) is 0 Å². The molecule has 0 aliphatic heterocycles. The Morgan fingerprint density at radius 1 is 1.10 bits per heavy atom. The van der Waals surface area contributed by atoms with Gasteiger partial charge in [-0.25, -0.2) is 4.98 Å². The van der Waals surface area contributed by atoms with Gasteiger partial charge in [0.15, 0.2) is 12.2 Å². The SMILES string of the molecule is CC(C)c1ccc(OCC(=O)Nc2ccc3oc(-c4cccc(I)c4)nc3c2)cc1. The van der Waals surface area contributed by atoms with Crippen LogP contribution in [0.5, 0.6) is 5.75 Å². The van der Waals surface area contributed by atoms with Crippen LogP contribution >= 0.6 is 22.6 Å². The van der Waals surface area contributed by atoms with Crippen molar-refractivity contribution in [3.8, 4) is 17.2 Å². The first-order valence-electron chi connectivity index (χ1n) is 9.67. The molecule has 0 spiro atoms. The molecule has 0 saturated carbocycles. The summed E-state index contributed by atoms with van der Waals surface area (Å²) in [5.74, 6) is 1.45. The molecular weight excluding hydrogens is 491 g/mol. The van der Waals surface area contributed by atoms with E-state index < -0.39 is 0 Å². The largest absolute Gasteiger partial charge is 0.484 e. The van der Waals surface area contributed by atoms with Crippen LogP contribution < -0.4 is 10.1 Å². The first-order chi connectivity index (χ1) is 14.5. The molecule has 0 saturated heterocycles. The van der Waals surface area contributed by atoms with Gasteiger partial charge < -0.3 is 14.5 Å². The van der Waals surface area contributed by atoms with E-state index in [4.69, 9.17) is 9.15 Å². The molecule has 0 aliphatic rings. The molecule has 4 aromatic rings. The number of ether oxygens (including phenoxy) is 1. The second kappa shape index (κ2) is 8.87. The monoisotopic (exact) mass is 512 g/mol. The van der Waals surface area contributed by atoms with Crippen LogP contribution in [0.4, 0.5) is 5.69 Å². The van der Waals surface area contributed by atoms with Gasteiger partial charge in [-0.05, 0) is 82.6 Å². The lowest BCUT2D eigenvalue weighted by Crippen LogP contribution is -2.20. The average Bonchev–Trinajstić information content (AvgIpc) is 3.16. The van der Waals surface area contributed by atoms with Crippen LogP contribution in [0.25, 0.3) is 22.6 Å². The van der Waals surface area contributed by atoms with E-state index in [0.29, 0.717) is 34.3 Å². The highest BCUT2D eigenvalue weighted by molar-refractivity contribution is 14.1. The Balaban J connectivity index is 1.41. The average molecular weight is 512 g/mol. The molecule has 0 bridgehead atoms. The number of rotatable bonds is 6. The zero-order valence-corrected chi connectivity index (χ0v) is 18.8. The topological polar surface area (TPSA) is 64.4 Å². The molecule has 0 radical (unpaired) electrons. The summed E-state index contributed by atoms with van der Waals surface area (Å²) in [6, 6.07) is 21.2. The van der Waals surface area contributed by atoms with Gasteiger partial charge in [0.25, 0.3) is 5.91 Å². The maximum atomic E-state index is 12.3. The van der Waals surface area contributed by atoms with Gasteiger partial charge in [0, 0.05) is 14.8 Å². The number of oxazole rings is 1. The maximum absolute atomic E-state index is 12.3. The van der Waals surface area contributed by atoms with E-state index in [2.05, 4.69) is 46.7 Å². The van der Waals surface area contributed by atoms with Crippen LogP contribution in [0.1, 0.15) is 25.3 Å². The maximum Gasteiger partial charge on any atom is 0.262 e. The molecule has 0 fully saturated rings. The van der Waals surface area contributed by atoms with E-state index in [1.807, 2.05) is 48.5 Å². The number of nitrogens with zero attached hydrogens (tertiary/aromatic N) is 1. The lowest BCUT2D eigenvalue weighted by atomic mass is 10.0. The molecule has 30 heavy (non-hydrogen) atoms. The van der Waals surface area contributed by atoms with Crippen molar-refractivity contribution in [1.29, 1.82) is 0 Å². The smallest absolute Gasteiger partial charge is 0.262 e. The summed E-state index contributed by atoms with van der Waals surface area (Å²) in [6.07, 6.45) is 0. The molecule has 152 valence electrons. The van der Waals surface area contributed by atoms with Gasteiger partial charge >= 0.3 is 0 Å². The van der Waals surface area contributed by atoms with Gasteiger partial charge in [0.05, 0.1) is 0 Å². The van der Waals surface area contributed by atoms with Gasteiger partial charge in [0.2, 0.25) is 5.89 Å².